The molecule has 0 saturated heterocycles. The summed E-state index contributed by atoms with van der Waals surface area (Å²) in [4.78, 5) is 12.8. The highest BCUT2D eigenvalue weighted by atomic mass is 32.2. The third-order valence-corrected chi connectivity index (χ3v) is 3.23. The number of nitrogens with two attached hydrogens (primary N) is 1. The fourth-order valence-corrected chi connectivity index (χ4v) is 2.24. The summed E-state index contributed by atoms with van der Waals surface area (Å²) in [6, 6.07) is 3.56. The van der Waals surface area contributed by atoms with Crippen molar-refractivity contribution in [3.05, 3.63) is 41.3 Å². The van der Waals surface area contributed by atoms with Gasteiger partial charge in [-0.2, -0.15) is 0 Å². The Balaban J connectivity index is 2.38. The van der Waals surface area contributed by atoms with Crippen molar-refractivity contribution in [1.82, 2.24) is 15.0 Å². The fraction of sp³-hybridized carbons (Fsp3) is 0.167. The van der Waals surface area contributed by atoms with Crippen molar-refractivity contribution < 1.29 is 5.21 Å². The average molecular weight is 275 g/mol. The Morgan fingerprint density at radius 2 is 1.95 bits per heavy atom. The molecule has 2 rings (SSSR count). The first kappa shape index (κ1) is 13.3. The summed E-state index contributed by atoms with van der Waals surface area (Å²) in [6.07, 6.45) is 3.46. The van der Waals surface area contributed by atoms with E-state index in [0.717, 1.165) is 11.3 Å². The van der Waals surface area contributed by atoms with E-state index in [1.54, 1.807) is 24.5 Å². The van der Waals surface area contributed by atoms with E-state index in [0.29, 0.717) is 15.7 Å². The zero-order valence-corrected chi connectivity index (χ0v) is 11.3. The molecule has 0 radical (unpaired) electrons. The summed E-state index contributed by atoms with van der Waals surface area (Å²) in [7, 11) is 0. The summed E-state index contributed by atoms with van der Waals surface area (Å²) in [5, 5.41) is 13.0. The van der Waals surface area contributed by atoms with Gasteiger partial charge in [-0.1, -0.05) is 5.16 Å². The SMILES string of the molecule is Cc1cnc(Sc2nc(C)ccc2C(N)=NO)nc1. The van der Waals surface area contributed by atoms with Crippen LogP contribution in [-0.4, -0.2) is 26.0 Å². The van der Waals surface area contributed by atoms with Crippen molar-refractivity contribution >= 4 is 17.6 Å². The normalized spacial score (nSPS) is 11.6. The molecule has 2 heterocycles. The van der Waals surface area contributed by atoms with Gasteiger partial charge in [0.05, 0.1) is 5.56 Å². The number of amidine groups is 1. The quantitative estimate of drug-likeness (QED) is 0.291. The molecule has 0 bridgehead atoms. The lowest BCUT2D eigenvalue weighted by Gasteiger charge is -2.07. The predicted octanol–water partition coefficient (Wildman–Crippen LogP) is 1.73. The zero-order valence-electron chi connectivity index (χ0n) is 10.5. The number of hydrogen-bond donors (Lipinski definition) is 2. The van der Waals surface area contributed by atoms with Crippen LogP contribution in [0.15, 0.2) is 39.9 Å². The molecule has 0 aliphatic heterocycles. The summed E-state index contributed by atoms with van der Waals surface area (Å²) in [5.41, 5.74) is 8.01. The van der Waals surface area contributed by atoms with Crippen molar-refractivity contribution in [2.45, 2.75) is 24.0 Å². The number of aryl methyl sites for hydroxylation is 2. The van der Waals surface area contributed by atoms with Crippen LogP contribution in [0.4, 0.5) is 0 Å². The number of rotatable bonds is 3. The van der Waals surface area contributed by atoms with Crippen LogP contribution < -0.4 is 5.73 Å². The molecule has 0 aliphatic carbocycles. The summed E-state index contributed by atoms with van der Waals surface area (Å²) in [6.45, 7) is 3.79. The number of oxime groups is 1. The van der Waals surface area contributed by atoms with Gasteiger partial charge in [-0.05, 0) is 43.3 Å². The van der Waals surface area contributed by atoms with Crippen LogP contribution in [0.5, 0.6) is 0 Å². The molecule has 0 aliphatic rings. The van der Waals surface area contributed by atoms with E-state index < -0.39 is 0 Å². The zero-order chi connectivity index (χ0) is 13.8. The molecule has 7 heteroatoms. The van der Waals surface area contributed by atoms with Crippen molar-refractivity contribution in [1.29, 1.82) is 0 Å². The molecular weight excluding hydrogens is 262 g/mol. The summed E-state index contributed by atoms with van der Waals surface area (Å²) >= 11 is 1.28. The predicted molar refractivity (Wildman–Crippen MR) is 72.4 cm³/mol. The second-order valence-corrected chi connectivity index (χ2v) is 4.89. The largest absolute Gasteiger partial charge is 0.409 e. The van der Waals surface area contributed by atoms with Crippen molar-refractivity contribution in [2.24, 2.45) is 10.9 Å². The van der Waals surface area contributed by atoms with Crippen LogP contribution in [0, 0.1) is 13.8 Å². The van der Waals surface area contributed by atoms with Gasteiger partial charge in [0, 0.05) is 18.1 Å². The molecule has 2 aromatic rings. The molecule has 0 unspecified atom stereocenters. The third kappa shape index (κ3) is 3.19. The second kappa shape index (κ2) is 5.66. The Bertz CT molecular complexity index is 612. The number of hydrogen-bond acceptors (Lipinski definition) is 6. The van der Waals surface area contributed by atoms with E-state index in [9.17, 15) is 0 Å². The second-order valence-electron chi connectivity index (χ2n) is 3.94. The molecule has 98 valence electrons. The number of aromatic nitrogens is 3. The van der Waals surface area contributed by atoms with Crippen LogP contribution in [0.25, 0.3) is 0 Å². The van der Waals surface area contributed by atoms with Gasteiger partial charge in [-0.15, -0.1) is 0 Å². The van der Waals surface area contributed by atoms with Crippen molar-refractivity contribution in [3.8, 4) is 0 Å². The van der Waals surface area contributed by atoms with E-state index in [1.165, 1.54) is 11.8 Å². The van der Waals surface area contributed by atoms with Crippen LogP contribution in [0.1, 0.15) is 16.8 Å². The van der Waals surface area contributed by atoms with Crippen LogP contribution in [0.2, 0.25) is 0 Å². The summed E-state index contributed by atoms with van der Waals surface area (Å²) in [5.74, 6) is 0.0158. The van der Waals surface area contributed by atoms with Gasteiger partial charge in [0.2, 0.25) is 0 Å². The van der Waals surface area contributed by atoms with Gasteiger partial charge >= 0.3 is 0 Å². The molecule has 0 amide bonds. The van der Waals surface area contributed by atoms with E-state index >= 15 is 0 Å². The molecule has 0 spiro atoms. The van der Waals surface area contributed by atoms with E-state index in [2.05, 4.69) is 20.1 Å². The standard InChI is InChI=1S/C12H13N5OS/c1-7-5-14-12(15-6-7)19-11-9(10(13)17-18)4-3-8(2)16-11/h3-6,18H,1-2H3,(H2,13,17). The first-order valence-corrected chi connectivity index (χ1v) is 6.34. The maximum atomic E-state index is 8.78. The highest BCUT2D eigenvalue weighted by Crippen LogP contribution is 2.26. The van der Waals surface area contributed by atoms with Gasteiger partial charge in [0.25, 0.3) is 0 Å². The van der Waals surface area contributed by atoms with Gasteiger partial charge < -0.3 is 10.9 Å². The lowest BCUT2D eigenvalue weighted by Crippen LogP contribution is -2.15. The lowest BCUT2D eigenvalue weighted by atomic mass is 10.2. The minimum Gasteiger partial charge on any atom is -0.409 e. The highest BCUT2D eigenvalue weighted by molar-refractivity contribution is 7.99. The number of nitrogens with zero attached hydrogens (tertiary/aromatic N) is 4. The Hall–Kier alpha value is -2.15. The molecule has 0 aromatic carbocycles. The van der Waals surface area contributed by atoms with Gasteiger partial charge in [0.15, 0.2) is 11.0 Å². The third-order valence-electron chi connectivity index (χ3n) is 2.33. The maximum Gasteiger partial charge on any atom is 0.193 e. The minimum atomic E-state index is 0.0158. The van der Waals surface area contributed by atoms with Crippen LogP contribution in [-0.2, 0) is 0 Å². The highest BCUT2D eigenvalue weighted by Gasteiger charge is 2.12. The monoisotopic (exact) mass is 275 g/mol. The summed E-state index contributed by atoms with van der Waals surface area (Å²) < 4.78 is 0. The molecular formula is C12H13N5OS. The molecule has 0 saturated carbocycles. The first-order chi connectivity index (χ1) is 9.10. The molecule has 19 heavy (non-hydrogen) atoms. The molecule has 3 N–H and O–H groups in total. The smallest absolute Gasteiger partial charge is 0.193 e. The molecule has 2 aromatic heterocycles. The Morgan fingerprint density at radius 3 is 2.58 bits per heavy atom. The number of pyridine rings is 1. The topological polar surface area (TPSA) is 97.3 Å². The van der Waals surface area contributed by atoms with Crippen molar-refractivity contribution in [2.75, 3.05) is 0 Å². The molecule has 6 nitrogen and oxygen atoms in total. The van der Waals surface area contributed by atoms with Crippen LogP contribution >= 0.6 is 11.8 Å². The van der Waals surface area contributed by atoms with Gasteiger partial charge in [-0.3, -0.25) is 0 Å². The van der Waals surface area contributed by atoms with Crippen molar-refractivity contribution in [3.63, 3.8) is 0 Å². The van der Waals surface area contributed by atoms with Gasteiger partial charge in [-0.25, -0.2) is 15.0 Å². The van der Waals surface area contributed by atoms with Crippen LogP contribution in [0.3, 0.4) is 0 Å². The maximum absolute atomic E-state index is 8.78. The van der Waals surface area contributed by atoms with E-state index in [-0.39, 0.29) is 5.84 Å². The lowest BCUT2D eigenvalue weighted by molar-refractivity contribution is 0.318. The Morgan fingerprint density at radius 1 is 1.26 bits per heavy atom. The Kier molecular flexibility index (Phi) is 3.96. The van der Waals surface area contributed by atoms with Gasteiger partial charge in [0.1, 0.15) is 5.03 Å². The van der Waals surface area contributed by atoms with E-state index in [4.69, 9.17) is 10.9 Å². The van der Waals surface area contributed by atoms with E-state index in [1.807, 2.05) is 13.8 Å². The molecule has 0 atom stereocenters. The minimum absolute atomic E-state index is 0.0158. The Labute approximate surface area is 114 Å². The average Bonchev–Trinajstić information content (AvgIpc) is 2.41. The first-order valence-electron chi connectivity index (χ1n) is 5.52. The fourth-order valence-electron chi connectivity index (χ4n) is 1.38. The molecule has 0 fully saturated rings.